The third kappa shape index (κ3) is 9.30. The van der Waals surface area contributed by atoms with Crippen molar-refractivity contribution in [3.8, 4) is 0 Å². The van der Waals surface area contributed by atoms with Crippen LogP contribution in [-0.4, -0.2) is 30.9 Å². The minimum absolute atomic E-state index is 0.0700. The number of carbonyl (C=O) groups is 3. The van der Waals surface area contributed by atoms with Gasteiger partial charge in [0.25, 0.3) is 0 Å². The summed E-state index contributed by atoms with van der Waals surface area (Å²) >= 11 is 0. The monoisotopic (exact) mass is 346 g/mol. The van der Waals surface area contributed by atoms with Gasteiger partial charge in [-0.05, 0) is 36.1 Å². The Balaban J connectivity index is 2.45. The van der Waals surface area contributed by atoms with Gasteiger partial charge in [-0.25, -0.2) is 4.79 Å². The van der Waals surface area contributed by atoms with Gasteiger partial charge in [0.2, 0.25) is 11.8 Å². The first-order valence-corrected chi connectivity index (χ1v) is 8.21. The normalized spacial score (nSPS) is 11.2. The van der Waals surface area contributed by atoms with E-state index in [1.165, 1.54) is 6.08 Å². The van der Waals surface area contributed by atoms with Crippen LogP contribution in [0.1, 0.15) is 39.7 Å². The smallest absolute Gasteiger partial charge is 0.330 e. The molecule has 0 aliphatic heterocycles. The van der Waals surface area contributed by atoms with Crippen LogP contribution >= 0.6 is 0 Å². The van der Waals surface area contributed by atoms with E-state index >= 15 is 0 Å². The van der Waals surface area contributed by atoms with E-state index in [0.717, 1.165) is 5.56 Å². The van der Waals surface area contributed by atoms with E-state index in [0.29, 0.717) is 18.7 Å². The second kappa shape index (κ2) is 9.61. The Bertz CT molecular complexity index is 628. The summed E-state index contributed by atoms with van der Waals surface area (Å²) in [6.07, 6.45) is 3.35. The number of hydrogen-bond donors (Lipinski definition) is 2. The molecule has 0 unspecified atom stereocenters. The molecule has 25 heavy (non-hydrogen) atoms. The Hall–Kier alpha value is -2.63. The fourth-order valence-corrected chi connectivity index (χ4v) is 1.96. The number of amides is 2. The second-order valence-electron chi connectivity index (χ2n) is 6.77. The lowest BCUT2D eigenvalue weighted by atomic mass is 9.92. The molecule has 0 atom stereocenters. The lowest BCUT2D eigenvalue weighted by Gasteiger charge is -2.17. The van der Waals surface area contributed by atoms with Gasteiger partial charge in [0.15, 0.2) is 0 Å². The summed E-state index contributed by atoms with van der Waals surface area (Å²) in [4.78, 5) is 34.8. The van der Waals surface area contributed by atoms with E-state index in [4.69, 9.17) is 4.74 Å². The number of hydrogen-bond acceptors (Lipinski definition) is 4. The molecular weight excluding hydrogens is 320 g/mol. The van der Waals surface area contributed by atoms with Crippen molar-refractivity contribution in [1.29, 1.82) is 0 Å². The zero-order valence-electron chi connectivity index (χ0n) is 15.2. The van der Waals surface area contributed by atoms with E-state index in [-0.39, 0.29) is 23.8 Å². The number of rotatable bonds is 7. The highest BCUT2D eigenvalue weighted by Gasteiger charge is 2.16. The van der Waals surface area contributed by atoms with Gasteiger partial charge >= 0.3 is 5.97 Å². The van der Waals surface area contributed by atoms with Crippen LogP contribution in [0, 0.1) is 5.41 Å². The Labute approximate surface area is 148 Å². The number of benzene rings is 1. The van der Waals surface area contributed by atoms with E-state index in [1.807, 2.05) is 20.8 Å². The van der Waals surface area contributed by atoms with Crippen molar-refractivity contribution >= 4 is 29.5 Å². The van der Waals surface area contributed by atoms with Gasteiger partial charge in [-0.3, -0.25) is 9.59 Å². The molecular formula is C19H26N2O4. The van der Waals surface area contributed by atoms with Crippen molar-refractivity contribution in [3.63, 3.8) is 0 Å². The van der Waals surface area contributed by atoms with Crippen molar-refractivity contribution in [2.24, 2.45) is 5.41 Å². The second-order valence-corrected chi connectivity index (χ2v) is 6.77. The van der Waals surface area contributed by atoms with Gasteiger partial charge in [-0.1, -0.05) is 32.9 Å². The molecule has 2 N–H and O–H groups in total. The maximum absolute atomic E-state index is 11.9. The van der Waals surface area contributed by atoms with Gasteiger partial charge in [0.05, 0.1) is 13.2 Å². The van der Waals surface area contributed by atoms with E-state index in [9.17, 15) is 14.4 Å². The van der Waals surface area contributed by atoms with E-state index < -0.39 is 5.97 Å². The molecule has 6 heteroatoms. The van der Waals surface area contributed by atoms with Crippen LogP contribution < -0.4 is 10.6 Å². The molecule has 1 aromatic carbocycles. The molecule has 0 spiro atoms. The van der Waals surface area contributed by atoms with Crippen LogP contribution in [0.2, 0.25) is 0 Å². The largest absolute Gasteiger partial charge is 0.463 e. The summed E-state index contributed by atoms with van der Waals surface area (Å²) in [6, 6.07) is 6.98. The minimum Gasteiger partial charge on any atom is -0.463 e. The fourth-order valence-electron chi connectivity index (χ4n) is 1.96. The Morgan fingerprint density at radius 1 is 1.08 bits per heavy atom. The first kappa shape index (κ1) is 20.4. The topological polar surface area (TPSA) is 84.5 Å². The first-order chi connectivity index (χ1) is 11.7. The fraction of sp³-hybridized carbons (Fsp3) is 0.421. The predicted octanol–water partition coefficient (Wildman–Crippen LogP) is 2.75. The molecule has 0 aliphatic carbocycles. The average Bonchev–Trinajstić information content (AvgIpc) is 2.51. The summed E-state index contributed by atoms with van der Waals surface area (Å²) in [7, 11) is 0. The molecule has 0 aromatic heterocycles. The Kier molecular flexibility index (Phi) is 7.85. The molecule has 136 valence electrons. The van der Waals surface area contributed by atoms with Crippen molar-refractivity contribution in [2.45, 2.75) is 34.1 Å². The highest BCUT2D eigenvalue weighted by atomic mass is 16.5. The number of carbonyl (C=O) groups excluding carboxylic acids is 3. The molecule has 6 nitrogen and oxygen atoms in total. The van der Waals surface area contributed by atoms with Crippen molar-refractivity contribution in [2.75, 3.05) is 18.5 Å². The number of esters is 1. The van der Waals surface area contributed by atoms with Crippen molar-refractivity contribution < 1.29 is 19.1 Å². The number of ether oxygens (including phenoxy) is 1. The van der Waals surface area contributed by atoms with Gasteiger partial charge in [-0.2, -0.15) is 0 Å². The molecule has 0 fully saturated rings. The average molecular weight is 346 g/mol. The maximum Gasteiger partial charge on any atom is 0.330 e. The molecule has 0 saturated carbocycles. The maximum atomic E-state index is 11.9. The Morgan fingerprint density at radius 2 is 1.72 bits per heavy atom. The molecule has 0 radical (unpaired) electrons. The number of anilines is 1. The third-order valence-corrected chi connectivity index (χ3v) is 3.03. The summed E-state index contributed by atoms with van der Waals surface area (Å²) in [6.45, 7) is 7.90. The molecule has 1 aromatic rings. The van der Waals surface area contributed by atoms with Crippen LogP contribution in [0.3, 0.4) is 0 Å². The van der Waals surface area contributed by atoms with Crippen LogP contribution in [0.25, 0.3) is 6.08 Å². The van der Waals surface area contributed by atoms with Crippen molar-refractivity contribution in [3.05, 3.63) is 35.9 Å². The summed E-state index contributed by atoms with van der Waals surface area (Å²) in [5.41, 5.74) is 1.31. The highest BCUT2D eigenvalue weighted by molar-refractivity contribution is 5.94. The summed E-state index contributed by atoms with van der Waals surface area (Å²) < 4.78 is 4.80. The van der Waals surface area contributed by atoms with E-state index in [2.05, 4.69) is 10.6 Å². The van der Waals surface area contributed by atoms with Gasteiger partial charge in [0, 0.05) is 18.2 Å². The highest BCUT2D eigenvalue weighted by Crippen LogP contribution is 2.17. The molecule has 2 amide bonds. The quantitative estimate of drug-likeness (QED) is 0.587. The summed E-state index contributed by atoms with van der Waals surface area (Å²) in [5.74, 6) is -0.843. The minimum atomic E-state index is -0.397. The molecule has 0 bridgehead atoms. The molecule has 0 heterocycles. The van der Waals surface area contributed by atoms with E-state index in [1.54, 1.807) is 37.3 Å². The SMILES string of the molecule is CCOC(=O)/C=C/c1ccc(NC(=O)CNC(=O)CC(C)(C)C)cc1. The lowest BCUT2D eigenvalue weighted by Crippen LogP contribution is -2.34. The third-order valence-electron chi connectivity index (χ3n) is 3.03. The van der Waals surface area contributed by atoms with Gasteiger partial charge in [0.1, 0.15) is 0 Å². The standard InChI is InChI=1S/C19H26N2O4/c1-5-25-18(24)11-8-14-6-9-15(10-7-14)21-17(23)13-20-16(22)12-19(2,3)4/h6-11H,5,12-13H2,1-4H3,(H,20,22)(H,21,23)/b11-8+. The predicted molar refractivity (Wildman–Crippen MR) is 97.8 cm³/mol. The molecule has 0 aliphatic rings. The van der Waals surface area contributed by atoms with Crippen LogP contribution in [0.15, 0.2) is 30.3 Å². The summed E-state index contributed by atoms with van der Waals surface area (Å²) in [5, 5.41) is 5.30. The zero-order valence-corrected chi connectivity index (χ0v) is 15.2. The first-order valence-electron chi connectivity index (χ1n) is 8.21. The molecule has 1 rings (SSSR count). The zero-order chi connectivity index (χ0) is 18.9. The van der Waals surface area contributed by atoms with Gasteiger partial charge in [-0.15, -0.1) is 0 Å². The van der Waals surface area contributed by atoms with Crippen molar-refractivity contribution in [1.82, 2.24) is 5.32 Å². The Morgan fingerprint density at radius 3 is 2.28 bits per heavy atom. The van der Waals surface area contributed by atoms with Gasteiger partial charge < -0.3 is 15.4 Å². The molecule has 0 saturated heterocycles. The van der Waals surface area contributed by atoms with Crippen LogP contribution in [-0.2, 0) is 19.1 Å². The number of nitrogens with one attached hydrogen (secondary N) is 2. The lowest BCUT2D eigenvalue weighted by molar-refractivity contribution is -0.137. The van der Waals surface area contributed by atoms with Crippen LogP contribution in [0.4, 0.5) is 5.69 Å². The van der Waals surface area contributed by atoms with Crippen LogP contribution in [0.5, 0.6) is 0 Å².